The summed E-state index contributed by atoms with van der Waals surface area (Å²) >= 11 is 0. The van der Waals surface area contributed by atoms with Gasteiger partial charge in [-0.05, 0) is 42.5 Å². The van der Waals surface area contributed by atoms with Gasteiger partial charge >= 0.3 is 11.8 Å². The van der Waals surface area contributed by atoms with Crippen LogP contribution in [0.5, 0.6) is 0 Å². The summed E-state index contributed by atoms with van der Waals surface area (Å²) in [6.07, 6.45) is 5.89. The lowest BCUT2D eigenvalue weighted by atomic mass is 10.1. The predicted octanol–water partition coefficient (Wildman–Crippen LogP) is 3.04. The van der Waals surface area contributed by atoms with Crippen molar-refractivity contribution < 1.29 is 9.59 Å². The van der Waals surface area contributed by atoms with Crippen LogP contribution in [0.15, 0.2) is 54.6 Å². The Kier molecular flexibility index (Phi) is 7.47. The van der Waals surface area contributed by atoms with Crippen molar-refractivity contribution in [1.82, 2.24) is 10.6 Å². The Balaban J connectivity index is 1.39. The average Bonchev–Trinajstić information content (AvgIpc) is 3.03. The van der Waals surface area contributed by atoms with Crippen molar-refractivity contribution in [3.8, 4) is 0 Å². The van der Waals surface area contributed by atoms with Crippen molar-refractivity contribution in [3.63, 3.8) is 0 Å². The van der Waals surface area contributed by atoms with E-state index in [1.54, 1.807) is 0 Å². The zero-order chi connectivity index (χ0) is 19.6. The zero-order valence-corrected chi connectivity index (χ0v) is 16.3. The van der Waals surface area contributed by atoms with Gasteiger partial charge in [0.1, 0.15) is 0 Å². The van der Waals surface area contributed by atoms with Crippen LogP contribution in [-0.2, 0) is 22.6 Å². The Bertz CT molecular complexity index is 751. The summed E-state index contributed by atoms with van der Waals surface area (Å²) in [5, 5.41) is 5.33. The van der Waals surface area contributed by atoms with Gasteiger partial charge in [-0.2, -0.15) is 0 Å². The minimum absolute atomic E-state index is 0.352. The first-order valence-electron chi connectivity index (χ1n) is 10.2. The molecule has 2 amide bonds. The van der Waals surface area contributed by atoms with Gasteiger partial charge in [-0.25, -0.2) is 0 Å². The third-order valence-corrected chi connectivity index (χ3v) is 5.11. The van der Waals surface area contributed by atoms with Gasteiger partial charge in [-0.15, -0.1) is 0 Å². The number of hydrogen-bond acceptors (Lipinski definition) is 3. The van der Waals surface area contributed by atoms with Crippen LogP contribution in [-0.4, -0.2) is 31.4 Å². The number of amides is 2. The monoisotopic (exact) mass is 379 g/mol. The summed E-state index contributed by atoms with van der Waals surface area (Å²) < 4.78 is 0. The molecule has 1 heterocycles. The molecule has 2 aromatic rings. The number of nitrogens with zero attached hydrogens (tertiary/aromatic N) is 1. The predicted molar refractivity (Wildman–Crippen MR) is 112 cm³/mol. The molecule has 0 spiro atoms. The molecule has 28 heavy (non-hydrogen) atoms. The maximum absolute atomic E-state index is 11.9. The van der Waals surface area contributed by atoms with E-state index < -0.39 is 11.8 Å². The Labute approximate surface area is 167 Å². The van der Waals surface area contributed by atoms with E-state index in [1.165, 1.54) is 31.4 Å². The molecule has 1 aliphatic heterocycles. The lowest BCUT2D eigenvalue weighted by molar-refractivity contribution is -0.139. The number of carbonyl (C=O) groups is 2. The van der Waals surface area contributed by atoms with Crippen molar-refractivity contribution in [2.45, 2.75) is 38.6 Å². The number of rotatable bonds is 6. The molecule has 0 saturated carbocycles. The summed E-state index contributed by atoms with van der Waals surface area (Å²) in [6.45, 7) is 3.06. The van der Waals surface area contributed by atoms with Crippen LogP contribution in [0.4, 0.5) is 5.69 Å². The first-order valence-corrected chi connectivity index (χ1v) is 10.2. The average molecular weight is 380 g/mol. The van der Waals surface area contributed by atoms with E-state index in [1.807, 2.05) is 30.3 Å². The van der Waals surface area contributed by atoms with Gasteiger partial charge in [0.05, 0.1) is 0 Å². The second-order valence-corrected chi connectivity index (χ2v) is 7.24. The maximum Gasteiger partial charge on any atom is 0.309 e. The lowest BCUT2D eigenvalue weighted by Gasteiger charge is -2.22. The molecule has 0 unspecified atom stereocenters. The van der Waals surface area contributed by atoms with Gasteiger partial charge in [0, 0.05) is 31.9 Å². The molecule has 0 radical (unpaired) electrons. The Morgan fingerprint density at radius 3 is 2.07 bits per heavy atom. The SMILES string of the molecule is O=C(NCCc1ccc(N2CCCCCC2)cc1)C(=O)NCc1ccccc1. The van der Waals surface area contributed by atoms with Crippen molar-refractivity contribution in [2.75, 3.05) is 24.5 Å². The summed E-state index contributed by atoms with van der Waals surface area (Å²) in [4.78, 5) is 26.2. The van der Waals surface area contributed by atoms with E-state index in [0.717, 1.165) is 24.2 Å². The van der Waals surface area contributed by atoms with Gasteiger partial charge < -0.3 is 15.5 Å². The van der Waals surface area contributed by atoms with Crippen LogP contribution >= 0.6 is 0 Å². The molecule has 2 aromatic carbocycles. The first-order chi connectivity index (χ1) is 13.7. The smallest absolute Gasteiger partial charge is 0.309 e. The van der Waals surface area contributed by atoms with E-state index in [-0.39, 0.29) is 0 Å². The number of nitrogens with one attached hydrogen (secondary N) is 2. The van der Waals surface area contributed by atoms with Gasteiger partial charge in [0.2, 0.25) is 0 Å². The van der Waals surface area contributed by atoms with E-state index in [4.69, 9.17) is 0 Å². The molecule has 1 fully saturated rings. The summed E-state index contributed by atoms with van der Waals surface area (Å²) in [5.74, 6) is -1.18. The van der Waals surface area contributed by atoms with Crippen LogP contribution < -0.4 is 15.5 Å². The molecular formula is C23H29N3O2. The van der Waals surface area contributed by atoms with Crippen LogP contribution in [0, 0.1) is 0 Å². The van der Waals surface area contributed by atoms with Crippen molar-refractivity contribution in [2.24, 2.45) is 0 Å². The topological polar surface area (TPSA) is 61.4 Å². The fourth-order valence-corrected chi connectivity index (χ4v) is 3.46. The van der Waals surface area contributed by atoms with Crippen LogP contribution in [0.25, 0.3) is 0 Å². The fraction of sp³-hybridized carbons (Fsp3) is 0.391. The normalized spacial score (nSPS) is 14.2. The van der Waals surface area contributed by atoms with Gasteiger partial charge in [-0.3, -0.25) is 9.59 Å². The highest BCUT2D eigenvalue weighted by molar-refractivity contribution is 6.35. The quantitative estimate of drug-likeness (QED) is 0.759. The molecule has 0 aromatic heterocycles. The summed E-state index contributed by atoms with van der Waals surface area (Å²) in [7, 11) is 0. The lowest BCUT2D eigenvalue weighted by Crippen LogP contribution is -2.40. The molecule has 0 bridgehead atoms. The van der Waals surface area contributed by atoms with Crippen molar-refractivity contribution in [3.05, 3.63) is 65.7 Å². The van der Waals surface area contributed by atoms with Crippen molar-refractivity contribution >= 4 is 17.5 Å². The van der Waals surface area contributed by atoms with E-state index >= 15 is 0 Å². The molecule has 148 valence electrons. The van der Waals surface area contributed by atoms with Crippen LogP contribution in [0.1, 0.15) is 36.8 Å². The second-order valence-electron chi connectivity index (χ2n) is 7.24. The molecule has 3 rings (SSSR count). The minimum Gasteiger partial charge on any atom is -0.372 e. The molecule has 1 aliphatic rings. The molecule has 1 saturated heterocycles. The molecular weight excluding hydrogens is 350 g/mol. The fourth-order valence-electron chi connectivity index (χ4n) is 3.46. The van der Waals surface area contributed by atoms with Gasteiger partial charge in [-0.1, -0.05) is 55.3 Å². The number of carbonyl (C=O) groups excluding carboxylic acids is 2. The Hall–Kier alpha value is -2.82. The third kappa shape index (κ3) is 6.12. The second kappa shape index (κ2) is 10.5. The number of hydrogen-bond donors (Lipinski definition) is 2. The van der Waals surface area contributed by atoms with E-state index in [2.05, 4.69) is 39.8 Å². The van der Waals surface area contributed by atoms with Gasteiger partial charge in [0.15, 0.2) is 0 Å². The summed E-state index contributed by atoms with van der Waals surface area (Å²) in [5.41, 5.74) is 3.40. The zero-order valence-electron chi connectivity index (χ0n) is 16.3. The summed E-state index contributed by atoms with van der Waals surface area (Å²) in [6, 6.07) is 18.1. The highest BCUT2D eigenvalue weighted by Gasteiger charge is 2.12. The molecule has 5 heteroatoms. The first kappa shape index (κ1) is 19.9. The standard InChI is InChI=1S/C23H29N3O2/c27-22(23(28)25-18-20-8-4-3-5-9-20)24-15-14-19-10-12-21(13-11-19)26-16-6-1-2-7-17-26/h3-5,8-13H,1-2,6-7,14-18H2,(H,24,27)(H,25,28). The van der Waals surface area contributed by atoms with Crippen LogP contribution in [0.3, 0.4) is 0 Å². The maximum atomic E-state index is 11.9. The molecule has 2 N–H and O–H groups in total. The molecule has 0 aliphatic carbocycles. The number of benzene rings is 2. The van der Waals surface area contributed by atoms with Gasteiger partial charge in [0.25, 0.3) is 0 Å². The molecule has 0 atom stereocenters. The number of anilines is 1. The third-order valence-electron chi connectivity index (χ3n) is 5.11. The van der Waals surface area contributed by atoms with E-state index in [9.17, 15) is 9.59 Å². The van der Waals surface area contributed by atoms with E-state index in [0.29, 0.717) is 19.5 Å². The highest BCUT2D eigenvalue weighted by atomic mass is 16.2. The Morgan fingerprint density at radius 2 is 1.39 bits per heavy atom. The Morgan fingerprint density at radius 1 is 0.750 bits per heavy atom. The van der Waals surface area contributed by atoms with Crippen LogP contribution in [0.2, 0.25) is 0 Å². The molecule has 5 nitrogen and oxygen atoms in total. The largest absolute Gasteiger partial charge is 0.372 e. The minimum atomic E-state index is -0.597. The highest BCUT2D eigenvalue weighted by Crippen LogP contribution is 2.20. The van der Waals surface area contributed by atoms with Crippen molar-refractivity contribution in [1.29, 1.82) is 0 Å².